The molecule has 1 N–H and O–H groups in total. The molecule has 3 rings (SSSR count). The summed E-state index contributed by atoms with van der Waals surface area (Å²) in [6.07, 6.45) is 3.68. The van der Waals surface area contributed by atoms with E-state index in [4.69, 9.17) is 0 Å². The summed E-state index contributed by atoms with van der Waals surface area (Å²) in [5, 5.41) is 3.06. The summed E-state index contributed by atoms with van der Waals surface area (Å²) in [6.45, 7) is 2.64. The second-order valence-electron chi connectivity index (χ2n) is 5.32. The van der Waals surface area contributed by atoms with Crippen molar-refractivity contribution >= 4 is 11.6 Å². The Bertz CT molecular complexity index is 778. The smallest absolute Gasteiger partial charge is 0.228 e. The number of nitrogens with one attached hydrogen (secondary N) is 1. The van der Waals surface area contributed by atoms with E-state index in [2.05, 4.69) is 16.4 Å². The van der Waals surface area contributed by atoms with Crippen LogP contribution < -0.4 is 5.32 Å². The second kappa shape index (κ2) is 5.93. The van der Waals surface area contributed by atoms with Gasteiger partial charge in [0.05, 0.1) is 11.3 Å². The van der Waals surface area contributed by atoms with Crippen molar-refractivity contribution in [2.24, 2.45) is 0 Å². The molecule has 2 aromatic rings. The van der Waals surface area contributed by atoms with E-state index in [0.29, 0.717) is 17.8 Å². The van der Waals surface area contributed by atoms with Gasteiger partial charge >= 0.3 is 0 Å². The molecule has 22 heavy (non-hydrogen) atoms. The van der Waals surface area contributed by atoms with Crippen LogP contribution in [-0.4, -0.2) is 23.1 Å². The molecule has 1 heterocycles. The minimum atomic E-state index is -0.223. The molecule has 4 nitrogen and oxygen atoms in total. The molecule has 110 valence electrons. The summed E-state index contributed by atoms with van der Waals surface area (Å²) in [5.41, 5.74) is 3.33. The predicted octanol–water partition coefficient (Wildman–Crippen LogP) is 2.49. The molecule has 0 spiro atoms. The van der Waals surface area contributed by atoms with Crippen LogP contribution in [0, 0.1) is 6.92 Å². The molecule has 0 bridgehead atoms. The third-order valence-electron chi connectivity index (χ3n) is 3.62. The van der Waals surface area contributed by atoms with Crippen molar-refractivity contribution in [3.05, 3.63) is 76.8 Å². The standard InChI is InChI=1S/C18H16N2O2/c1-12-4-2-5-13(10-12)7-9-19-15-11-16(21)14-6-3-8-20-17(14)18(15)22/h2-6,8,10-11,19H,7,9H2,1H3. The lowest BCUT2D eigenvalue weighted by atomic mass is 9.97. The lowest BCUT2D eigenvalue weighted by molar-refractivity contribution is 0.0974. The quantitative estimate of drug-likeness (QED) is 0.940. The first kappa shape index (κ1) is 14.2. The van der Waals surface area contributed by atoms with E-state index in [1.54, 1.807) is 12.1 Å². The fraction of sp³-hybridized carbons (Fsp3) is 0.167. The number of pyridine rings is 1. The molecular weight excluding hydrogens is 276 g/mol. The number of carbonyl (C=O) groups excluding carboxylic acids is 2. The summed E-state index contributed by atoms with van der Waals surface area (Å²) in [7, 11) is 0. The number of ketones is 2. The molecule has 0 fully saturated rings. The van der Waals surface area contributed by atoms with E-state index in [0.717, 1.165) is 6.42 Å². The Morgan fingerprint density at radius 2 is 2.00 bits per heavy atom. The Morgan fingerprint density at radius 3 is 2.82 bits per heavy atom. The number of aryl methyl sites for hydroxylation is 1. The Balaban J connectivity index is 1.69. The molecule has 0 unspecified atom stereocenters. The maximum absolute atomic E-state index is 12.3. The van der Waals surface area contributed by atoms with E-state index < -0.39 is 0 Å². The summed E-state index contributed by atoms with van der Waals surface area (Å²) >= 11 is 0. The maximum Gasteiger partial charge on any atom is 0.228 e. The molecule has 1 aromatic carbocycles. The summed E-state index contributed by atoms with van der Waals surface area (Å²) < 4.78 is 0. The number of allylic oxidation sites excluding steroid dienone is 2. The zero-order chi connectivity index (χ0) is 15.5. The third kappa shape index (κ3) is 2.81. The number of rotatable bonds is 4. The first-order chi connectivity index (χ1) is 10.6. The summed E-state index contributed by atoms with van der Waals surface area (Å²) in [5.74, 6) is -0.403. The Kier molecular flexibility index (Phi) is 3.83. The molecule has 0 saturated heterocycles. The van der Waals surface area contributed by atoms with Crippen molar-refractivity contribution in [3.8, 4) is 0 Å². The molecule has 4 heteroatoms. The average Bonchev–Trinajstić information content (AvgIpc) is 2.52. The molecule has 1 aromatic heterocycles. The van der Waals surface area contributed by atoms with Crippen molar-refractivity contribution in [3.63, 3.8) is 0 Å². The van der Waals surface area contributed by atoms with Gasteiger partial charge in [0.2, 0.25) is 5.78 Å². The second-order valence-corrected chi connectivity index (χ2v) is 5.32. The zero-order valence-electron chi connectivity index (χ0n) is 12.3. The number of carbonyl (C=O) groups is 2. The number of fused-ring (bicyclic) bond motifs is 1. The number of hydrogen-bond acceptors (Lipinski definition) is 4. The van der Waals surface area contributed by atoms with Crippen molar-refractivity contribution in [2.45, 2.75) is 13.3 Å². The molecule has 1 aliphatic carbocycles. The summed E-state index contributed by atoms with van der Waals surface area (Å²) in [4.78, 5) is 28.4. The highest BCUT2D eigenvalue weighted by atomic mass is 16.1. The van der Waals surface area contributed by atoms with Crippen LogP contribution in [0.2, 0.25) is 0 Å². The van der Waals surface area contributed by atoms with Crippen LogP contribution in [0.25, 0.3) is 0 Å². The van der Waals surface area contributed by atoms with Crippen molar-refractivity contribution in [1.29, 1.82) is 0 Å². The normalized spacial score (nSPS) is 13.6. The Hall–Kier alpha value is -2.75. The molecule has 0 atom stereocenters. The van der Waals surface area contributed by atoms with Gasteiger partial charge in [-0.05, 0) is 31.0 Å². The fourth-order valence-electron chi connectivity index (χ4n) is 2.53. The predicted molar refractivity (Wildman–Crippen MR) is 83.9 cm³/mol. The van der Waals surface area contributed by atoms with Crippen LogP contribution in [-0.2, 0) is 6.42 Å². The van der Waals surface area contributed by atoms with E-state index in [1.165, 1.54) is 23.4 Å². The SMILES string of the molecule is Cc1cccc(CCNC2=CC(=O)c3cccnc3C2=O)c1. The van der Waals surface area contributed by atoms with Crippen LogP contribution in [0.15, 0.2) is 54.4 Å². The van der Waals surface area contributed by atoms with Crippen LogP contribution in [0.1, 0.15) is 32.0 Å². The topological polar surface area (TPSA) is 59.1 Å². The Morgan fingerprint density at radius 1 is 1.14 bits per heavy atom. The average molecular weight is 292 g/mol. The Labute approximate surface area is 128 Å². The van der Waals surface area contributed by atoms with E-state index >= 15 is 0 Å². The van der Waals surface area contributed by atoms with Crippen molar-refractivity contribution in [2.75, 3.05) is 6.54 Å². The van der Waals surface area contributed by atoms with Crippen LogP contribution in [0.4, 0.5) is 0 Å². The minimum absolute atomic E-state index is 0.180. The van der Waals surface area contributed by atoms with Gasteiger partial charge in [-0.3, -0.25) is 14.6 Å². The zero-order valence-corrected chi connectivity index (χ0v) is 12.3. The van der Waals surface area contributed by atoms with Gasteiger partial charge in [0, 0.05) is 18.8 Å². The highest BCUT2D eigenvalue weighted by molar-refractivity contribution is 6.23. The van der Waals surface area contributed by atoms with Gasteiger partial charge in [-0.2, -0.15) is 0 Å². The molecule has 0 radical (unpaired) electrons. The highest BCUT2D eigenvalue weighted by Crippen LogP contribution is 2.17. The highest BCUT2D eigenvalue weighted by Gasteiger charge is 2.26. The van der Waals surface area contributed by atoms with Gasteiger partial charge in [0.15, 0.2) is 5.78 Å². The van der Waals surface area contributed by atoms with E-state index in [-0.39, 0.29) is 17.3 Å². The van der Waals surface area contributed by atoms with Crippen LogP contribution in [0.3, 0.4) is 0 Å². The van der Waals surface area contributed by atoms with E-state index in [9.17, 15) is 9.59 Å². The number of nitrogens with zero attached hydrogens (tertiary/aromatic N) is 1. The van der Waals surface area contributed by atoms with Gasteiger partial charge in [-0.1, -0.05) is 29.8 Å². The summed E-state index contributed by atoms with van der Waals surface area (Å²) in [6, 6.07) is 11.5. The maximum atomic E-state index is 12.3. The first-order valence-electron chi connectivity index (χ1n) is 7.20. The number of hydrogen-bond donors (Lipinski definition) is 1. The number of Topliss-reactive ketones (excluding diaryl/α,β-unsaturated/α-hetero) is 1. The first-order valence-corrected chi connectivity index (χ1v) is 7.20. The number of aromatic nitrogens is 1. The molecule has 0 saturated carbocycles. The molecular formula is C18H16N2O2. The lowest BCUT2D eigenvalue weighted by Crippen LogP contribution is -2.29. The molecule has 1 aliphatic rings. The van der Waals surface area contributed by atoms with Crippen molar-refractivity contribution in [1.82, 2.24) is 10.3 Å². The van der Waals surface area contributed by atoms with Crippen LogP contribution >= 0.6 is 0 Å². The third-order valence-corrected chi connectivity index (χ3v) is 3.62. The molecule has 0 aliphatic heterocycles. The largest absolute Gasteiger partial charge is 0.381 e. The van der Waals surface area contributed by atoms with Gasteiger partial charge in [-0.25, -0.2) is 0 Å². The van der Waals surface area contributed by atoms with Gasteiger partial charge in [0.1, 0.15) is 5.69 Å². The lowest BCUT2D eigenvalue weighted by Gasteiger charge is -2.15. The minimum Gasteiger partial charge on any atom is -0.381 e. The van der Waals surface area contributed by atoms with Gasteiger partial charge in [-0.15, -0.1) is 0 Å². The molecule has 0 amide bonds. The number of benzene rings is 1. The van der Waals surface area contributed by atoms with Crippen LogP contribution in [0.5, 0.6) is 0 Å². The monoisotopic (exact) mass is 292 g/mol. The van der Waals surface area contributed by atoms with Crippen molar-refractivity contribution < 1.29 is 9.59 Å². The fourth-order valence-corrected chi connectivity index (χ4v) is 2.53. The van der Waals surface area contributed by atoms with Gasteiger partial charge in [0.25, 0.3) is 0 Å². The van der Waals surface area contributed by atoms with E-state index in [1.807, 2.05) is 25.1 Å². The van der Waals surface area contributed by atoms with Gasteiger partial charge < -0.3 is 5.32 Å².